The topological polar surface area (TPSA) is 45.3 Å². The van der Waals surface area contributed by atoms with Crippen molar-refractivity contribution in [1.82, 2.24) is 0 Å². The molecule has 0 aromatic heterocycles. The van der Waals surface area contributed by atoms with Crippen molar-refractivity contribution in [3.8, 4) is 0 Å². The molecule has 4 atom stereocenters. The van der Waals surface area contributed by atoms with E-state index in [4.69, 9.17) is 9.47 Å². The van der Waals surface area contributed by atoms with Crippen LogP contribution in [-0.2, 0) is 9.47 Å². The van der Waals surface area contributed by atoms with Crippen molar-refractivity contribution >= 4 is 0 Å². The number of epoxide rings is 2. The van der Waals surface area contributed by atoms with Crippen LogP contribution in [0.25, 0.3) is 0 Å². The molecular formula is C11H14O3. The molecule has 4 unspecified atom stereocenters. The number of aliphatic hydroxyl groups is 1. The highest BCUT2D eigenvalue weighted by Crippen LogP contribution is 2.56. The van der Waals surface area contributed by atoms with E-state index in [1.54, 1.807) is 0 Å². The third-order valence-electron chi connectivity index (χ3n) is 4.13. The Balaban J connectivity index is 1.85. The first-order valence-electron chi connectivity index (χ1n) is 5.53. The Kier molecular flexibility index (Phi) is 1.25. The maximum Gasteiger partial charge on any atom is 0.141 e. The van der Waals surface area contributed by atoms with E-state index >= 15 is 0 Å². The van der Waals surface area contributed by atoms with E-state index in [1.165, 1.54) is 24.0 Å². The van der Waals surface area contributed by atoms with Gasteiger partial charge < -0.3 is 14.6 Å². The molecule has 2 fully saturated rings. The molecule has 2 saturated heterocycles. The summed E-state index contributed by atoms with van der Waals surface area (Å²) in [7, 11) is 0. The van der Waals surface area contributed by atoms with Crippen LogP contribution in [0.4, 0.5) is 0 Å². The van der Waals surface area contributed by atoms with E-state index in [0.717, 1.165) is 12.8 Å². The third-order valence-corrected chi connectivity index (χ3v) is 4.13. The minimum Gasteiger partial charge on any atom is -0.387 e. The summed E-state index contributed by atoms with van der Waals surface area (Å²) in [6, 6.07) is 0. The zero-order valence-electron chi connectivity index (χ0n) is 8.03. The number of aliphatic hydroxyl groups excluding tert-OH is 1. The molecule has 0 aromatic rings. The van der Waals surface area contributed by atoms with Crippen LogP contribution in [0, 0.1) is 0 Å². The fourth-order valence-electron chi connectivity index (χ4n) is 3.24. The van der Waals surface area contributed by atoms with E-state index in [9.17, 15) is 5.11 Å². The standard InChI is InChI=1S/C11H14O3/c12-10-9-8(14-9)6-3-1-2-4-7(6)11(10)5-13-11/h8-10,12H,1-5H2. The van der Waals surface area contributed by atoms with Gasteiger partial charge in [0.2, 0.25) is 0 Å². The molecule has 76 valence electrons. The van der Waals surface area contributed by atoms with Crippen molar-refractivity contribution in [2.75, 3.05) is 6.61 Å². The van der Waals surface area contributed by atoms with E-state index in [1.807, 2.05) is 0 Å². The van der Waals surface area contributed by atoms with Crippen molar-refractivity contribution in [3.05, 3.63) is 11.1 Å². The Morgan fingerprint density at radius 2 is 2.07 bits per heavy atom. The average molecular weight is 194 g/mol. The van der Waals surface area contributed by atoms with Gasteiger partial charge in [0.05, 0.1) is 6.61 Å². The van der Waals surface area contributed by atoms with Gasteiger partial charge >= 0.3 is 0 Å². The fourth-order valence-corrected chi connectivity index (χ4v) is 3.24. The number of hydrogen-bond donors (Lipinski definition) is 1. The average Bonchev–Trinajstić information content (AvgIpc) is 3.11. The lowest BCUT2D eigenvalue weighted by molar-refractivity contribution is 0.0638. The Morgan fingerprint density at radius 1 is 1.29 bits per heavy atom. The molecule has 3 nitrogen and oxygen atoms in total. The van der Waals surface area contributed by atoms with Gasteiger partial charge in [0, 0.05) is 0 Å². The maximum atomic E-state index is 10.1. The van der Waals surface area contributed by atoms with Gasteiger partial charge in [-0.25, -0.2) is 0 Å². The van der Waals surface area contributed by atoms with Crippen molar-refractivity contribution in [1.29, 1.82) is 0 Å². The summed E-state index contributed by atoms with van der Waals surface area (Å²) in [6.45, 7) is 0.708. The molecule has 4 aliphatic rings. The smallest absolute Gasteiger partial charge is 0.141 e. The largest absolute Gasteiger partial charge is 0.387 e. The van der Waals surface area contributed by atoms with Gasteiger partial charge in [0.1, 0.15) is 23.9 Å². The SMILES string of the molecule is OC1C2OC2C2=C(CCCC2)C12CO2. The first-order chi connectivity index (χ1) is 6.83. The molecule has 2 aliphatic heterocycles. The molecule has 1 spiro atoms. The van der Waals surface area contributed by atoms with Crippen molar-refractivity contribution in [2.24, 2.45) is 0 Å². The Bertz CT molecular complexity index is 329. The van der Waals surface area contributed by atoms with Crippen molar-refractivity contribution < 1.29 is 14.6 Å². The summed E-state index contributed by atoms with van der Waals surface area (Å²) in [4.78, 5) is 0. The molecule has 14 heavy (non-hydrogen) atoms. The summed E-state index contributed by atoms with van der Waals surface area (Å²) < 4.78 is 11.1. The summed E-state index contributed by atoms with van der Waals surface area (Å²) >= 11 is 0. The van der Waals surface area contributed by atoms with Gasteiger partial charge in [0.15, 0.2) is 0 Å². The van der Waals surface area contributed by atoms with E-state index in [0.29, 0.717) is 6.61 Å². The number of rotatable bonds is 0. The highest BCUT2D eigenvalue weighted by Gasteiger charge is 2.67. The molecule has 0 radical (unpaired) electrons. The second kappa shape index (κ2) is 2.23. The lowest BCUT2D eigenvalue weighted by atomic mass is 9.74. The molecule has 2 heterocycles. The monoisotopic (exact) mass is 194 g/mol. The quantitative estimate of drug-likeness (QED) is 0.457. The van der Waals surface area contributed by atoms with Crippen LogP contribution in [0.15, 0.2) is 11.1 Å². The molecule has 0 aromatic carbocycles. The van der Waals surface area contributed by atoms with Crippen LogP contribution in [0.5, 0.6) is 0 Å². The van der Waals surface area contributed by atoms with Crippen molar-refractivity contribution in [3.63, 3.8) is 0 Å². The van der Waals surface area contributed by atoms with Crippen LogP contribution in [-0.4, -0.2) is 35.6 Å². The highest BCUT2D eigenvalue weighted by atomic mass is 16.6. The minimum atomic E-state index is -0.399. The van der Waals surface area contributed by atoms with Crippen LogP contribution >= 0.6 is 0 Å². The number of hydrogen-bond acceptors (Lipinski definition) is 3. The molecule has 0 amide bonds. The van der Waals surface area contributed by atoms with E-state index < -0.39 is 6.10 Å². The number of ether oxygens (including phenoxy) is 2. The Morgan fingerprint density at radius 3 is 2.86 bits per heavy atom. The predicted molar refractivity (Wildman–Crippen MR) is 48.8 cm³/mol. The highest BCUT2D eigenvalue weighted by molar-refractivity contribution is 5.43. The molecule has 0 saturated carbocycles. The van der Waals surface area contributed by atoms with Crippen molar-refractivity contribution in [2.45, 2.75) is 49.6 Å². The molecule has 3 heteroatoms. The normalized spacial score (nSPS) is 54.2. The maximum absolute atomic E-state index is 10.1. The molecule has 1 N–H and O–H groups in total. The predicted octanol–water partition coefficient (Wildman–Crippen LogP) is 0.768. The second-order valence-corrected chi connectivity index (χ2v) is 4.86. The van der Waals surface area contributed by atoms with E-state index in [-0.39, 0.29) is 17.8 Å². The minimum absolute atomic E-state index is 0.0503. The van der Waals surface area contributed by atoms with Gasteiger partial charge in [-0.15, -0.1) is 0 Å². The van der Waals surface area contributed by atoms with Gasteiger partial charge in [0.25, 0.3) is 0 Å². The third kappa shape index (κ3) is 0.757. The zero-order chi connectivity index (χ0) is 9.34. The molecule has 2 aliphatic carbocycles. The Hall–Kier alpha value is -0.380. The summed E-state index contributed by atoms with van der Waals surface area (Å²) in [5.41, 5.74) is 2.55. The first kappa shape index (κ1) is 7.85. The van der Waals surface area contributed by atoms with Gasteiger partial charge in [-0.05, 0) is 36.8 Å². The molecule has 0 bridgehead atoms. The van der Waals surface area contributed by atoms with Crippen LogP contribution in [0.3, 0.4) is 0 Å². The van der Waals surface area contributed by atoms with Gasteiger partial charge in [-0.1, -0.05) is 0 Å². The van der Waals surface area contributed by atoms with Crippen LogP contribution in [0.1, 0.15) is 25.7 Å². The zero-order valence-corrected chi connectivity index (χ0v) is 8.03. The van der Waals surface area contributed by atoms with Gasteiger partial charge in [-0.2, -0.15) is 0 Å². The van der Waals surface area contributed by atoms with Crippen LogP contribution < -0.4 is 0 Å². The molecular weight excluding hydrogens is 180 g/mol. The lowest BCUT2D eigenvalue weighted by Crippen LogP contribution is -2.42. The van der Waals surface area contributed by atoms with Crippen LogP contribution in [0.2, 0.25) is 0 Å². The summed E-state index contributed by atoms with van der Waals surface area (Å²) in [5.74, 6) is 0. The van der Waals surface area contributed by atoms with Gasteiger partial charge in [-0.3, -0.25) is 0 Å². The summed E-state index contributed by atoms with van der Waals surface area (Å²) in [5, 5.41) is 10.1. The Labute approximate surface area is 82.7 Å². The summed E-state index contributed by atoms with van der Waals surface area (Å²) in [6.07, 6.45) is 4.69. The number of fused-ring (bicyclic) bond motifs is 3. The lowest BCUT2D eigenvalue weighted by Gasteiger charge is -2.30. The fraction of sp³-hybridized carbons (Fsp3) is 0.818. The second-order valence-electron chi connectivity index (χ2n) is 4.86. The molecule has 4 rings (SSSR count). The van der Waals surface area contributed by atoms with E-state index in [2.05, 4.69) is 0 Å². The first-order valence-corrected chi connectivity index (χ1v) is 5.53.